The zero-order chi connectivity index (χ0) is 14.5. The van der Waals surface area contributed by atoms with E-state index in [1.165, 1.54) is 12.1 Å². The molecule has 19 heavy (non-hydrogen) atoms. The molecular formula is C10H15N4O4S+. The van der Waals surface area contributed by atoms with Gasteiger partial charge in [0.25, 0.3) is 5.91 Å². The number of nitrogens with two attached hydrogens (primary N) is 2. The number of hydrogen-bond acceptors (Lipinski definition) is 5. The number of aryl methyl sites for hydroxylation is 1. The Morgan fingerprint density at radius 2 is 1.84 bits per heavy atom. The zero-order valence-electron chi connectivity index (χ0n) is 10.1. The van der Waals surface area contributed by atoms with Gasteiger partial charge in [-0.3, -0.25) is 15.0 Å². The second-order valence-corrected chi connectivity index (χ2v) is 6.04. The van der Waals surface area contributed by atoms with Crippen LogP contribution >= 0.6 is 0 Å². The van der Waals surface area contributed by atoms with Crippen molar-refractivity contribution in [3.05, 3.63) is 30.1 Å². The Hall–Kier alpha value is -2.00. The summed E-state index contributed by atoms with van der Waals surface area (Å²) in [6, 6.07) is 3.01. The fourth-order valence-corrected chi connectivity index (χ4v) is 2.44. The molecule has 0 saturated heterocycles. The molecule has 1 aromatic heterocycles. The minimum absolute atomic E-state index is 0.167. The molecule has 9 heteroatoms. The largest absolute Gasteiger partial charge is 0.369 e. The van der Waals surface area contributed by atoms with E-state index in [4.69, 9.17) is 11.6 Å². The van der Waals surface area contributed by atoms with Crippen LogP contribution in [0.2, 0.25) is 0 Å². The standard InChI is InChI=1S/C10H14N4O4S/c11-9(15)7-19(17,18)6-5-14-3-1-8(2-4-14)10(16)13-12/h1-4,12H,5-7H2,(H3,11,15,16)/p+1. The van der Waals surface area contributed by atoms with Crippen molar-refractivity contribution in [2.24, 2.45) is 11.6 Å². The Morgan fingerprint density at radius 3 is 2.32 bits per heavy atom. The number of nitrogens with one attached hydrogen (secondary N) is 1. The monoisotopic (exact) mass is 287 g/mol. The summed E-state index contributed by atoms with van der Waals surface area (Å²) in [5, 5.41) is 0. The predicted molar refractivity (Wildman–Crippen MR) is 66.1 cm³/mol. The summed E-state index contributed by atoms with van der Waals surface area (Å²) in [5.74, 6) is 2.79. The summed E-state index contributed by atoms with van der Waals surface area (Å²) in [6.07, 6.45) is 3.09. The van der Waals surface area contributed by atoms with Crippen molar-refractivity contribution in [2.45, 2.75) is 6.54 Å². The molecule has 0 spiro atoms. The number of sulfone groups is 1. The van der Waals surface area contributed by atoms with E-state index >= 15 is 0 Å². The molecule has 5 N–H and O–H groups in total. The van der Waals surface area contributed by atoms with Crippen molar-refractivity contribution in [1.29, 1.82) is 0 Å². The molecule has 8 nitrogen and oxygen atoms in total. The molecule has 0 fully saturated rings. The molecule has 0 bridgehead atoms. The molecule has 0 aromatic carbocycles. The van der Waals surface area contributed by atoms with Crippen LogP contribution in [0.25, 0.3) is 0 Å². The molecule has 1 heterocycles. The minimum Gasteiger partial charge on any atom is -0.369 e. The molecule has 0 aliphatic heterocycles. The molecule has 1 rings (SSSR count). The van der Waals surface area contributed by atoms with Crippen molar-refractivity contribution in [1.82, 2.24) is 5.43 Å². The quantitative estimate of drug-likeness (QED) is 0.229. The highest BCUT2D eigenvalue weighted by Gasteiger charge is 2.17. The SMILES string of the molecule is NNC(=O)c1cc[n+](CCS(=O)(=O)CC(N)=O)cc1. The maximum Gasteiger partial charge on any atom is 0.265 e. The molecule has 0 saturated carbocycles. The number of rotatable bonds is 6. The van der Waals surface area contributed by atoms with Crippen LogP contribution in [0.1, 0.15) is 10.4 Å². The Morgan fingerprint density at radius 1 is 1.26 bits per heavy atom. The van der Waals surface area contributed by atoms with E-state index < -0.39 is 27.4 Å². The number of amides is 2. The van der Waals surface area contributed by atoms with Gasteiger partial charge in [-0.05, 0) is 0 Å². The molecule has 0 unspecified atom stereocenters. The van der Waals surface area contributed by atoms with Crippen LogP contribution in [0.5, 0.6) is 0 Å². The molecule has 1 aromatic rings. The highest BCUT2D eigenvalue weighted by molar-refractivity contribution is 7.92. The van der Waals surface area contributed by atoms with Crippen LogP contribution in [-0.4, -0.2) is 31.7 Å². The normalized spacial score (nSPS) is 11.0. The molecule has 0 aliphatic carbocycles. The lowest BCUT2D eigenvalue weighted by molar-refractivity contribution is -0.692. The number of primary amides is 1. The first kappa shape index (κ1) is 15.1. The number of pyridine rings is 1. The summed E-state index contributed by atoms with van der Waals surface area (Å²) in [5.41, 5.74) is 7.18. The first-order valence-corrected chi connectivity index (χ1v) is 7.15. The number of aromatic nitrogens is 1. The smallest absolute Gasteiger partial charge is 0.265 e. The summed E-state index contributed by atoms with van der Waals surface area (Å²) in [4.78, 5) is 21.7. The second kappa shape index (κ2) is 6.25. The van der Waals surface area contributed by atoms with Crippen molar-refractivity contribution in [3.8, 4) is 0 Å². The molecule has 0 aliphatic rings. The van der Waals surface area contributed by atoms with Crippen molar-refractivity contribution >= 4 is 21.7 Å². The van der Waals surface area contributed by atoms with Crippen molar-refractivity contribution in [2.75, 3.05) is 11.5 Å². The lowest BCUT2D eigenvalue weighted by Gasteiger charge is -2.01. The van der Waals surface area contributed by atoms with Crippen LogP contribution in [0.3, 0.4) is 0 Å². The van der Waals surface area contributed by atoms with Gasteiger partial charge in [-0.15, -0.1) is 0 Å². The van der Waals surface area contributed by atoms with Gasteiger partial charge in [0.2, 0.25) is 5.91 Å². The third-order valence-electron chi connectivity index (χ3n) is 2.31. The van der Waals surface area contributed by atoms with Gasteiger partial charge in [-0.2, -0.15) is 0 Å². The molecule has 104 valence electrons. The number of hydrazine groups is 1. The highest BCUT2D eigenvalue weighted by atomic mass is 32.2. The number of hydrogen-bond donors (Lipinski definition) is 3. The third kappa shape index (κ3) is 5.02. The van der Waals surface area contributed by atoms with Gasteiger partial charge in [-0.25, -0.2) is 18.8 Å². The van der Waals surface area contributed by atoms with Crippen LogP contribution in [0.4, 0.5) is 0 Å². The summed E-state index contributed by atoms with van der Waals surface area (Å²) in [7, 11) is -3.50. The van der Waals surface area contributed by atoms with Crippen LogP contribution in [-0.2, 0) is 21.2 Å². The van der Waals surface area contributed by atoms with Gasteiger partial charge in [0, 0.05) is 12.1 Å². The van der Waals surface area contributed by atoms with Gasteiger partial charge >= 0.3 is 0 Å². The van der Waals surface area contributed by atoms with Gasteiger partial charge < -0.3 is 5.73 Å². The van der Waals surface area contributed by atoms with E-state index in [0.29, 0.717) is 5.56 Å². The van der Waals surface area contributed by atoms with E-state index in [2.05, 4.69) is 0 Å². The summed E-state index contributed by atoms with van der Waals surface area (Å²) >= 11 is 0. The topological polar surface area (TPSA) is 136 Å². The molecule has 2 amide bonds. The Labute approximate surface area is 110 Å². The van der Waals surface area contributed by atoms with Crippen LogP contribution in [0.15, 0.2) is 24.5 Å². The summed E-state index contributed by atoms with van der Waals surface area (Å²) in [6.45, 7) is 0.167. The van der Waals surface area contributed by atoms with Crippen LogP contribution < -0.4 is 21.6 Å². The average molecular weight is 287 g/mol. The number of carbonyl (C=O) groups is 2. The Balaban J connectivity index is 2.64. The first-order chi connectivity index (χ1) is 8.84. The zero-order valence-corrected chi connectivity index (χ0v) is 10.9. The summed E-state index contributed by atoms with van der Waals surface area (Å²) < 4.78 is 24.5. The van der Waals surface area contributed by atoms with Crippen molar-refractivity contribution < 1.29 is 22.6 Å². The fourth-order valence-electron chi connectivity index (χ4n) is 1.37. The van der Waals surface area contributed by atoms with Gasteiger partial charge in [0.05, 0.1) is 5.56 Å². The predicted octanol–water partition coefficient (Wildman–Crippen LogP) is -2.52. The Bertz CT molecular complexity index is 568. The van der Waals surface area contributed by atoms with Gasteiger partial charge in [-0.1, -0.05) is 0 Å². The first-order valence-electron chi connectivity index (χ1n) is 5.33. The van der Waals surface area contributed by atoms with Gasteiger partial charge in [0.15, 0.2) is 28.8 Å². The van der Waals surface area contributed by atoms with Crippen LogP contribution in [0, 0.1) is 0 Å². The maximum absolute atomic E-state index is 11.4. The fraction of sp³-hybridized carbons (Fsp3) is 0.300. The number of nitrogens with zero attached hydrogens (tertiary/aromatic N) is 1. The van der Waals surface area contributed by atoms with Gasteiger partial charge in [0.1, 0.15) is 11.5 Å². The third-order valence-corrected chi connectivity index (χ3v) is 3.84. The molecule has 0 radical (unpaired) electrons. The highest BCUT2D eigenvalue weighted by Crippen LogP contribution is 1.95. The van der Waals surface area contributed by atoms with E-state index in [-0.39, 0.29) is 12.3 Å². The van der Waals surface area contributed by atoms with E-state index in [1.807, 2.05) is 5.43 Å². The average Bonchev–Trinajstić information content (AvgIpc) is 2.34. The second-order valence-electron chi connectivity index (χ2n) is 3.86. The van der Waals surface area contributed by atoms with E-state index in [9.17, 15) is 18.0 Å². The lowest BCUT2D eigenvalue weighted by atomic mass is 10.2. The lowest BCUT2D eigenvalue weighted by Crippen LogP contribution is -2.39. The molecular weight excluding hydrogens is 272 g/mol. The minimum atomic E-state index is -3.50. The Kier molecular flexibility index (Phi) is 4.95. The number of nitrogen functional groups attached to an aromatic ring is 1. The number of carbonyl (C=O) groups excluding carboxylic acids is 2. The molecule has 0 atom stereocenters. The van der Waals surface area contributed by atoms with E-state index in [1.54, 1.807) is 17.0 Å². The van der Waals surface area contributed by atoms with E-state index in [0.717, 1.165) is 0 Å². The van der Waals surface area contributed by atoms with Crippen molar-refractivity contribution in [3.63, 3.8) is 0 Å². The maximum atomic E-state index is 11.4.